The summed E-state index contributed by atoms with van der Waals surface area (Å²) in [7, 11) is 1.71. The molecule has 1 aromatic carbocycles. The number of rotatable bonds is 5. The fourth-order valence-corrected chi connectivity index (χ4v) is 2.89. The standard InChI is InChI=1S/C19H28N4O3/c1-13-7-9-15(10-8-13)23-14(2)17(25)22(18(23)26)12-21(6)11-16(24)20-19(3,4)5/h7-10,14H,11-12H2,1-6H3,(H,20,24)/t14-/m0/s1. The zero-order valence-electron chi connectivity index (χ0n) is 16.4. The van der Waals surface area contributed by atoms with Crippen LogP contribution >= 0.6 is 0 Å². The molecular formula is C19H28N4O3. The molecule has 1 heterocycles. The fraction of sp³-hybridized carbons (Fsp3) is 0.526. The van der Waals surface area contributed by atoms with Crippen LogP contribution in [0.4, 0.5) is 10.5 Å². The molecule has 0 saturated carbocycles. The Balaban J connectivity index is 2.06. The van der Waals surface area contributed by atoms with Crippen LogP contribution in [-0.2, 0) is 9.59 Å². The second-order valence-corrected chi connectivity index (χ2v) is 7.88. The average Bonchev–Trinajstić information content (AvgIpc) is 2.70. The quantitative estimate of drug-likeness (QED) is 0.815. The van der Waals surface area contributed by atoms with Crippen molar-refractivity contribution >= 4 is 23.5 Å². The van der Waals surface area contributed by atoms with Crippen molar-refractivity contribution in [2.45, 2.75) is 46.2 Å². The van der Waals surface area contributed by atoms with Gasteiger partial charge >= 0.3 is 6.03 Å². The summed E-state index contributed by atoms with van der Waals surface area (Å²) in [4.78, 5) is 41.7. The lowest BCUT2D eigenvalue weighted by molar-refractivity contribution is -0.130. The van der Waals surface area contributed by atoms with Crippen LogP contribution in [0, 0.1) is 6.92 Å². The Hall–Kier alpha value is -2.41. The molecular weight excluding hydrogens is 332 g/mol. The molecule has 7 nitrogen and oxygen atoms in total. The molecule has 1 N–H and O–H groups in total. The molecule has 1 saturated heterocycles. The van der Waals surface area contributed by atoms with Gasteiger partial charge in [0.15, 0.2) is 0 Å². The maximum atomic E-state index is 12.8. The highest BCUT2D eigenvalue weighted by Gasteiger charge is 2.43. The molecule has 4 amide bonds. The highest BCUT2D eigenvalue weighted by Crippen LogP contribution is 2.26. The lowest BCUT2D eigenvalue weighted by atomic mass is 10.1. The molecule has 0 spiro atoms. The highest BCUT2D eigenvalue weighted by molar-refractivity contribution is 6.14. The van der Waals surface area contributed by atoms with Crippen molar-refractivity contribution < 1.29 is 14.4 Å². The number of urea groups is 1. The van der Waals surface area contributed by atoms with E-state index in [0.717, 1.165) is 5.56 Å². The molecule has 26 heavy (non-hydrogen) atoms. The first kappa shape index (κ1) is 19.9. The van der Waals surface area contributed by atoms with Gasteiger partial charge in [0.05, 0.1) is 13.2 Å². The number of carbonyl (C=O) groups excluding carboxylic acids is 3. The molecule has 0 aliphatic carbocycles. The smallest absolute Gasteiger partial charge is 0.333 e. The van der Waals surface area contributed by atoms with Crippen molar-refractivity contribution in [3.63, 3.8) is 0 Å². The number of hydrogen-bond donors (Lipinski definition) is 1. The van der Waals surface area contributed by atoms with Crippen LogP contribution in [0.25, 0.3) is 0 Å². The van der Waals surface area contributed by atoms with Gasteiger partial charge in [-0.1, -0.05) is 17.7 Å². The van der Waals surface area contributed by atoms with Crippen LogP contribution in [0.3, 0.4) is 0 Å². The molecule has 1 fully saturated rings. The van der Waals surface area contributed by atoms with Gasteiger partial charge in [-0.3, -0.25) is 19.4 Å². The van der Waals surface area contributed by atoms with Gasteiger partial charge in [0.1, 0.15) is 6.04 Å². The lowest BCUT2D eigenvalue weighted by Crippen LogP contribution is -2.48. The van der Waals surface area contributed by atoms with Crippen LogP contribution < -0.4 is 10.2 Å². The Morgan fingerprint density at radius 2 is 1.77 bits per heavy atom. The first-order chi connectivity index (χ1) is 12.0. The average molecular weight is 360 g/mol. The van der Waals surface area contributed by atoms with Crippen LogP contribution in [0.15, 0.2) is 24.3 Å². The second kappa shape index (κ2) is 7.45. The van der Waals surface area contributed by atoms with E-state index in [9.17, 15) is 14.4 Å². The topological polar surface area (TPSA) is 73.0 Å². The number of amides is 4. The molecule has 142 valence electrons. The Morgan fingerprint density at radius 3 is 2.31 bits per heavy atom. The SMILES string of the molecule is Cc1ccc(N2C(=O)N(CN(C)CC(=O)NC(C)(C)C)C(=O)[C@@H]2C)cc1. The number of anilines is 1. The molecule has 0 bridgehead atoms. The third-order valence-electron chi connectivity index (χ3n) is 4.07. The minimum absolute atomic E-state index is 0.0714. The number of benzene rings is 1. The van der Waals surface area contributed by atoms with E-state index < -0.39 is 6.04 Å². The summed E-state index contributed by atoms with van der Waals surface area (Å²) in [5.74, 6) is -0.416. The van der Waals surface area contributed by atoms with Gasteiger partial charge in [-0.2, -0.15) is 0 Å². The van der Waals surface area contributed by atoms with Crippen LogP contribution in [-0.4, -0.2) is 59.5 Å². The largest absolute Gasteiger partial charge is 0.350 e. The van der Waals surface area contributed by atoms with Gasteiger partial charge in [0, 0.05) is 11.2 Å². The van der Waals surface area contributed by atoms with Crippen molar-refractivity contribution in [2.24, 2.45) is 0 Å². The number of likely N-dealkylation sites (N-methyl/N-ethyl adjacent to an activating group) is 1. The van der Waals surface area contributed by atoms with E-state index in [1.54, 1.807) is 18.9 Å². The first-order valence-electron chi connectivity index (χ1n) is 8.70. The number of aryl methyl sites for hydroxylation is 1. The van der Waals surface area contributed by atoms with Crippen LogP contribution in [0.2, 0.25) is 0 Å². The number of nitrogens with zero attached hydrogens (tertiary/aromatic N) is 3. The van der Waals surface area contributed by atoms with Crippen LogP contribution in [0.1, 0.15) is 33.3 Å². The molecule has 7 heteroatoms. The molecule has 1 atom stereocenters. The highest BCUT2D eigenvalue weighted by atomic mass is 16.2. The van der Waals surface area contributed by atoms with E-state index >= 15 is 0 Å². The summed E-state index contributed by atoms with van der Waals surface area (Å²) in [5, 5.41) is 2.87. The zero-order chi connectivity index (χ0) is 19.6. The third kappa shape index (κ3) is 4.60. The number of imide groups is 1. The predicted octanol–water partition coefficient (Wildman–Crippen LogP) is 1.96. The summed E-state index contributed by atoms with van der Waals surface area (Å²) >= 11 is 0. The number of nitrogens with one attached hydrogen (secondary N) is 1. The Labute approximate surface area is 154 Å². The fourth-order valence-electron chi connectivity index (χ4n) is 2.89. The third-order valence-corrected chi connectivity index (χ3v) is 4.07. The minimum atomic E-state index is -0.568. The van der Waals surface area contributed by atoms with Gasteiger partial charge in [-0.25, -0.2) is 9.69 Å². The van der Waals surface area contributed by atoms with Crippen molar-refractivity contribution in [2.75, 3.05) is 25.2 Å². The van der Waals surface area contributed by atoms with Crippen molar-refractivity contribution in [1.29, 1.82) is 0 Å². The zero-order valence-corrected chi connectivity index (χ0v) is 16.4. The molecule has 0 aromatic heterocycles. The molecule has 1 aromatic rings. The summed E-state index contributed by atoms with van der Waals surface area (Å²) in [6.07, 6.45) is 0. The monoisotopic (exact) mass is 360 g/mol. The van der Waals surface area contributed by atoms with Gasteiger partial charge < -0.3 is 5.32 Å². The summed E-state index contributed by atoms with van der Waals surface area (Å²) in [6, 6.07) is 6.55. The van der Waals surface area contributed by atoms with E-state index in [1.807, 2.05) is 52.0 Å². The number of hydrogen-bond acceptors (Lipinski definition) is 4. The maximum Gasteiger partial charge on any atom is 0.333 e. The summed E-state index contributed by atoms with van der Waals surface area (Å²) in [6.45, 7) is 9.56. The van der Waals surface area contributed by atoms with Gasteiger partial charge in [-0.15, -0.1) is 0 Å². The molecule has 1 aliphatic rings. The van der Waals surface area contributed by atoms with Gasteiger partial charge in [0.2, 0.25) is 5.91 Å². The van der Waals surface area contributed by atoms with E-state index in [4.69, 9.17) is 0 Å². The Bertz CT molecular complexity index is 694. The second-order valence-electron chi connectivity index (χ2n) is 7.88. The van der Waals surface area contributed by atoms with Crippen molar-refractivity contribution in [1.82, 2.24) is 15.1 Å². The Morgan fingerprint density at radius 1 is 1.19 bits per heavy atom. The molecule has 2 rings (SSSR count). The summed E-state index contributed by atoms with van der Waals surface area (Å²) in [5.41, 5.74) is 1.45. The minimum Gasteiger partial charge on any atom is -0.350 e. The lowest BCUT2D eigenvalue weighted by Gasteiger charge is -2.25. The molecule has 0 radical (unpaired) electrons. The van der Waals surface area contributed by atoms with E-state index in [1.165, 1.54) is 9.80 Å². The Kier molecular flexibility index (Phi) is 5.71. The van der Waals surface area contributed by atoms with Gasteiger partial charge in [-0.05, 0) is 53.8 Å². The van der Waals surface area contributed by atoms with Crippen molar-refractivity contribution in [3.05, 3.63) is 29.8 Å². The maximum absolute atomic E-state index is 12.8. The van der Waals surface area contributed by atoms with Gasteiger partial charge in [0.25, 0.3) is 5.91 Å². The normalized spacial score (nSPS) is 18.0. The number of carbonyl (C=O) groups is 3. The van der Waals surface area contributed by atoms with E-state index in [2.05, 4.69) is 5.32 Å². The van der Waals surface area contributed by atoms with E-state index in [0.29, 0.717) is 5.69 Å². The summed E-state index contributed by atoms with van der Waals surface area (Å²) < 4.78 is 0. The van der Waals surface area contributed by atoms with E-state index in [-0.39, 0.29) is 36.6 Å². The van der Waals surface area contributed by atoms with Crippen LogP contribution in [0.5, 0.6) is 0 Å². The first-order valence-corrected chi connectivity index (χ1v) is 8.70. The van der Waals surface area contributed by atoms with Crippen molar-refractivity contribution in [3.8, 4) is 0 Å². The molecule has 1 aliphatic heterocycles. The molecule has 0 unspecified atom stereocenters. The predicted molar refractivity (Wildman–Crippen MR) is 101 cm³/mol.